The summed E-state index contributed by atoms with van der Waals surface area (Å²) < 4.78 is 0. The van der Waals surface area contributed by atoms with Gasteiger partial charge in [0.15, 0.2) is 0 Å². The number of anilines is 1. The SMILES string of the molecule is Cc1cccc(N2CSC3=C(C#N)[C@@H](c4ccccc4)CC(=O)N3C2)c1. The molecule has 4 rings (SSSR count). The van der Waals surface area contributed by atoms with E-state index < -0.39 is 0 Å². The highest BCUT2D eigenvalue weighted by Crippen LogP contribution is 2.43. The number of fused-ring (bicyclic) bond motifs is 1. The number of carbonyl (C=O) groups is 1. The Balaban J connectivity index is 1.67. The quantitative estimate of drug-likeness (QED) is 0.804. The summed E-state index contributed by atoms with van der Waals surface area (Å²) in [7, 11) is 0. The minimum atomic E-state index is -0.141. The third kappa shape index (κ3) is 2.97. The second kappa shape index (κ2) is 6.89. The lowest BCUT2D eigenvalue weighted by atomic mass is 9.86. The van der Waals surface area contributed by atoms with E-state index >= 15 is 0 Å². The van der Waals surface area contributed by atoms with Crippen molar-refractivity contribution in [2.24, 2.45) is 0 Å². The highest BCUT2D eigenvalue weighted by molar-refractivity contribution is 8.03. The van der Waals surface area contributed by atoms with Crippen LogP contribution >= 0.6 is 11.8 Å². The number of amides is 1. The van der Waals surface area contributed by atoms with Gasteiger partial charge in [0, 0.05) is 18.0 Å². The minimum Gasteiger partial charge on any atom is -0.344 e. The Kier molecular flexibility index (Phi) is 4.44. The van der Waals surface area contributed by atoms with E-state index in [9.17, 15) is 10.1 Å². The highest BCUT2D eigenvalue weighted by Gasteiger charge is 2.38. The maximum absolute atomic E-state index is 12.9. The average molecular weight is 361 g/mol. The summed E-state index contributed by atoms with van der Waals surface area (Å²) in [6.07, 6.45) is 0.346. The first-order valence-corrected chi connectivity index (χ1v) is 9.60. The number of hydrogen-bond donors (Lipinski definition) is 0. The van der Waals surface area contributed by atoms with Gasteiger partial charge >= 0.3 is 0 Å². The van der Waals surface area contributed by atoms with Gasteiger partial charge in [-0.3, -0.25) is 9.69 Å². The number of nitriles is 1. The van der Waals surface area contributed by atoms with Crippen LogP contribution in [0.3, 0.4) is 0 Å². The van der Waals surface area contributed by atoms with Gasteiger partial charge in [-0.25, -0.2) is 0 Å². The van der Waals surface area contributed by atoms with Gasteiger partial charge in [-0.15, -0.1) is 0 Å². The molecule has 0 aliphatic carbocycles. The predicted molar refractivity (Wildman–Crippen MR) is 104 cm³/mol. The van der Waals surface area contributed by atoms with Gasteiger partial charge in [0.1, 0.15) is 0 Å². The lowest BCUT2D eigenvalue weighted by Gasteiger charge is -2.42. The minimum absolute atomic E-state index is 0.0812. The summed E-state index contributed by atoms with van der Waals surface area (Å²) in [5.41, 5.74) is 4.05. The molecule has 2 aliphatic rings. The van der Waals surface area contributed by atoms with Gasteiger partial charge in [0.25, 0.3) is 0 Å². The number of benzene rings is 2. The van der Waals surface area contributed by atoms with Crippen LogP contribution in [-0.4, -0.2) is 23.4 Å². The molecule has 4 nitrogen and oxygen atoms in total. The molecule has 5 heteroatoms. The molecule has 0 spiro atoms. The lowest BCUT2D eigenvalue weighted by molar-refractivity contribution is -0.129. The van der Waals surface area contributed by atoms with Crippen molar-refractivity contribution < 1.29 is 4.79 Å². The number of thioether (sulfide) groups is 1. The van der Waals surface area contributed by atoms with Crippen LogP contribution < -0.4 is 4.90 Å². The van der Waals surface area contributed by atoms with E-state index in [0.717, 1.165) is 22.2 Å². The molecule has 2 aliphatic heterocycles. The van der Waals surface area contributed by atoms with Crippen LogP contribution in [-0.2, 0) is 4.79 Å². The van der Waals surface area contributed by atoms with Gasteiger partial charge in [0.2, 0.25) is 5.91 Å². The zero-order chi connectivity index (χ0) is 18.1. The fourth-order valence-corrected chi connectivity index (χ4v) is 4.69. The second-order valence-electron chi connectivity index (χ2n) is 6.61. The molecule has 2 aromatic carbocycles. The van der Waals surface area contributed by atoms with E-state index in [4.69, 9.17) is 0 Å². The first-order valence-electron chi connectivity index (χ1n) is 8.61. The molecule has 0 saturated carbocycles. The number of nitrogens with zero attached hydrogens (tertiary/aromatic N) is 3. The summed E-state index contributed by atoms with van der Waals surface area (Å²) in [6, 6.07) is 20.5. The lowest BCUT2D eigenvalue weighted by Crippen LogP contribution is -2.47. The summed E-state index contributed by atoms with van der Waals surface area (Å²) >= 11 is 1.58. The van der Waals surface area contributed by atoms with Crippen LogP contribution in [0.15, 0.2) is 65.2 Å². The number of rotatable bonds is 2. The van der Waals surface area contributed by atoms with Gasteiger partial charge < -0.3 is 4.90 Å². The molecule has 0 radical (unpaired) electrons. The van der Waals surface area contributed by atoms with Gasteiger partial charge in [-0.05, 0) is 30.2 Å². The van der Waals surface area contributed by atoms with Crippen molar-refractivity contribution in [3.8, 4) is 6.07 Å². The Bertz CT molecular complexity index is 916. The molecule has 1 amide bonds. The predicted octanol–water partition coefficient (Wildman–Crippen LogP) is 4.21. The van der Waals surface area contributed by atoms with Crippen molar-refractivity contribution in [3.05, 3.63) is 76.3 Å². The normalized spacial score (nSPS) is 20.0. The summed E-state index contributed by atoms with van der Waals surface area (Å²) in [4.78, 5) is 16.8. The van der Waals surface area contributed by atoms with Gasteiger partial charge in [0.05, 0.1) is 29.2 Å². The number of hydrogen-bond acceptors (Lipinski definition) is 4. The van der Waals surface area contributed by atoms with Gasteiger partial charge in [-0.1, -0.05) is 54.2 Å². The van der Waals surface area contributed by atoms with E-state index in [1.165, 1.54) is 5.56 Å². The Morgan fingerprint density at radius 2 is 1.96 bits per heavy atom. The van der Waals surface area contributed by atoms with Crippen molar-refractivity contribution in [2.45, 2.75) is 19.3 Å². The Labute approximate surface area is 157 Å². The van der Waals surface area contributed by atoms with Crippen molar-refractivity contribution in [1.29, 1.82) is 5.26 Å². The summed E-state index contributed by atoms with van der Waals surface area (Å²) in [6.45, 7) is 2.56. The number of aryl methyl sites for hydroxylation is 1. The first kappa shape index (κ1) is 16.7. The van der Waals surface area contributed by atoms with E-state index in [-0.39, 0.29) is 11.8 Å². The highest BCUT2D eigenvalue weighted by atomic mass is 32.2. The Morgan fingerprint density at radius 3 is 2.69 bits per heavy atom. The smallest absolute Gasteiger partial charge is 0.229 e. The van der Waals surface area contributed by atoms with Crippen molar-refractivity contribution in [3.63, 3.8) is 0 Å². The number of carbonyl (C=O) groups excluding carboxylic acids is 1. The zero-order valence-electron chi connectivity index (χ0n) is 14.6. The maximum atomic E-state index is 12.9. The Hall–Kier alpha value is -2.71. The standard InChI is InChI=1S/C21H19N3OS/c1-15-6-5-9-17(10-15)23-13-24-20(25)11-18(16-7-3-2-4-8-16)19(12-22)21(24)26-14-23/h2-10,18H,11,13-14H2,1H3/t18-/m1/s1. The molecule has 0 bridgehead atoms. The fourth-order valence-electron chi connectivity index (χ4n) is 3.52. The molecule has 0 unspecified atom stereocenters. The van der Waals surface area contributed by atoms with Crippen LogP contribution in [0.1, 0.15) is 23.5 Å². The van der Waals surface area contributed by atoms with Crippen molar-refractivity contribution in [2.75, 3.05) is 17.4 Å². The molecule has 26 heavy (non-hydrogen) atoms. The maximum Gasteiger partial charge on any atom is 0.229 e. The van der Waals surface area contributed by atoms with Crippen LogP contribution in [0.2, 0.25) is 0 Å². The topological polar surface area (TPSA) is 47.3 Å². The van der Waals surface area contributed by atoms with Crippen molar-refractivity contribution in [1.82, 2.24) is 4.90 Å². The third-order valence-corrected chi connectivity index (χ3v) is 6.02. The molecular formula is C21H19N3OS. The molecule has 1 saturated heterocycles. The van der Waals surface area contributed by atoms with Gasteiger partial charge in [-0.2, -0.15) is 5.26 Å². The van der Waals surface area contributed by atoms with Crippen LogP contribution in [0.4, 0.5) is 5.69 Å². The second-order valence-corrected chi connectivity index (χ2v) is 7.55. The molecule has 1 fully saturated rings. The molecule has 130 valence electrons. The first-order chi connectivity index (χ1) is 12.7. The van der Waals surface area contributed by atoms with Crippen LogP contribution in [0.5, 0.6) is 0 Å². The number of allylic oxidation sites excluding steroid dienone is 1. The van der Waals surface area contributed by atoms with E-state index in [0.29, 0.717) is 18.7 Å². The van der Waals surface area contributed by atoms with E-state index in [2.05, 4.69) is 36.1 Å². The summed E-state index contributed by atoms with van der Waals surface area (Å²) in [5, 5.41) is 10.6. The third-order valence-electron chi connectivity index (χ3n) is 4.86. The monoisotopic (exact) mass is 361 g/mol. The Morgan fingerprint density at radius 1 is 1.15 bits per heavy atom. The van der Waals surface area contributed by atoms with Crippen LogP contribution in [0.25, 0.3) is 0 Å². The molecule has 2 aromatic rings. The molecule has 0 N–H and O–H groups in total. The average Bonchev–Trinajstić information content (AvgIpc) is 2.68. The van der Waals surface area contributed by atoms with E-state index in [1.807, 2.05) is 36.4 Å². The fraction of sp³-hybridized carbons (Fsp3) is 0.238. The zero-order valence-corrected chi connectivity index (χ0v) is 15.4. The van der Waals surface area contributed by atoms with Crippen molar-refractivity contribution >= 4 is 23.4 Å². The molecule has 0 aromatic heterocycles. The molecule has 2 heterocycles. The molecular weight excluding hydrogens is 342 g/mol. The van der Waals surface area contributed by atoms with E-state index in [1.54, 1.807) is 16.7 Å². The molecule has 1 atom stereocenters. The summed E-state index contributed by atoms with van der Waals surface area (Å²) in [5.74, 6) is 0.672. The largest absolute Gasteiger partial charge is 0.344 e. The van der Waals surface area contributed by atoms with Crippen LogP contribution in [0, 0.1) is 18.3 Å².